The van der Waals surface area contributed by atoms with Gasteiger partial charge >= 0.3 is 0 Å². The third-order valence-electron chi connectivity index (χ3n) is 6.92. The highest BCUT2D eigenvalue weighted by molar-refractivity contribution is 7.14. The van der Waals surface area contributed by atoms with Crippen LogP contribution in [-0.2, 0) is 0 Å². The van der Waals surface area contributed by atoms with Gasteiger partial charge in [-0.2, -0.15) is 5.10 Å². The third-order valence-corrected chi connectivity index (χ3v) is 7.88. The largest absolute Gasteiger partial charge is 0.347 e. The smallest absolute Gasteiger partial charge is 0.272 e. The third kappa shape index (κ3) is 2.07. The number of piperidine rings is 1. The molecule has 138 valence electrons. The summed E-state index contributed by atoms with van der Waals surface area (Å²) in [6.07, 6.45) is 4.21. The summed E-state index contributed by atoms with van der Waals surface area (Å²) >= 11 is 1.67. The number of aryl methyl sites for hydroxylation is 1. The Kier molecular flexibility index (Phi) is 3.02. The van der Waals surface area contributed by atoms with Crippen LogP contribution in [0.2, 0.25) is 0 Å². The van der Waals surface area contributed by atoms with E-state index in [9.17, 15) is 4.79 Å². The number of carbonyl (C=O) groups excluding carboxylic acids is 1. The van der Waals surface area contributed by atoms with Crippen LogP contribution in [-0.4, -0.2) is 51.7 Å². The summed E-state index contributed by atoms with van der Waals surface area (Å²) < 4.78 is 0. The van der Waals surface area contributed by atoms with Crippen molar-refractivity contribution < 1.29 is 4.79 Å². The lowest BCUT2D eigenvalue weighted by Crippen LogP contribution is -2.59. The predicted octanol–water partition coefficient (Wildman–Crippen LogP) is 2.82. The molecule has 1 aliphatic heterocycles. The molecule has 7 heteroatoms. The first kappa shape index (κ1) is 15.8. The zero-order valence-corrected chi connectivity index (χ0v) is 16.1. The summed E-state index contributed by atoms with van der Waals surface area (Å²) in [6.45, 7) is 3.23. The van der Waals surface area contributed by atoms with Gasteiger partial charge < -0.3 is 10.2 Å². The molecule has 0 bridgehead atoms. The van der Waals surface area contributed by atoms with Crippen molar-refractivity contribution in [3.05, 3.63) is 35.0 Å². The lowest BCUT2D eigenvalue weighted by atomic mass is 9.70. The number of thiazole rings is 1. The van der Waals surface area contributed by atoms with Crippen LogP contribution in [0.4, 0.5) is 0 Å². The van der Waals surface area contributed by atoms with E-state index in [1.807, 2.05) is 24.4 Å². The minimum absolute atomic E-state index is 0.0582. The predicted molar refractivity (Wildman–Crippen MR) is 105 cm³/mol. The second-order valence-electron chi connectivity index (χ2n) is 8.34. The molecule has 3 heterocycles. The number of hydrogen-bond donors (Lipinski definition) is 2. The van der Waals surface area contributed by atoms with Crippen LogP contribution in [0.1, 0.15) is 28.2 Å². The van der Waals surface area contributed by atoms with Crippen LogP contribution in [0.25, 0.3) is 21.5 Å². The molecule has 3 aliphatic rings. The molecule has 4 atom stereocenters. The summed E-state index contributed by atoms with van der Waals surface area (Å²) in [5, 5.41) is 12.5. The lowest BCUT2D eigenvalue weighted by Gasteiger charge is -2.46. The molecular weight excluding hydrogens is 358 g/mol. The standard InChI is InChI=1S/C20H21N5OS/c1-10-8-21-19(27-10)11-3-4-13-14(5-11)23-24-17(13)18(26)22-15-6-16-20(15)7-12(20)9-25(16)2/h3-5,8,12,15-16H,6-7,9H2,1-2H3,(H,22,26)(H,23,24). The van der Waals surface area contributed by atoms with Gasteiger partial charge in [-0.1, -0.05) is 6.07 Å². The number of likely N-dealkylation sites (tertiary alicyclic amines) is 1. The van der Waals surface area contributed by atoms with Crippen molar-refractivity contribution in [2.75, 3.05) is 13.6 Å². The van der Waals surface area contributed by atoms with E-state index in [-0.39, 0.29) is 5.91 Å². The van der Waals surface area contributed by atoms with E-state index >= 15 is 0 Å². The summed E-state index contributed by atoms with van der Waals surface area (Å²) in [5.74, 6) is 0.712. The number of fused-ring (bicyclic) bond motifs is 1. The van der Waals surface area contributed by atoms with Crippen molar-refractivity contribution >= 4 is 28.1 Å². The molecule has 1 spiro atoms. The molecule has 0 radical (unpaired) electrons. The zero-order valence-electron chi connectivity index (χ0n) is 15.3. The van der Waals surface area contributed by atoms with Crippen molar-refractivity contribution in [3.63, 3.8) is 0 Å². The second kappa shape index (κ2) is 5.17. The van der Waals surface area contributed by atoms with E-state index in [0.717, 1.165) is 33.8 Å². The quantitative estimate of drug-likeness (QED) is 0.734. The summed E-state index contributed by atoms with van der Waals surface area (Å²) in [7, 11) is 2.21. The Morgan fingerprint density at radius 2 is 2.33 bits per heavy atom. The Morgan fingerprint density at radius 1 is 1.44 bits per heavy atom. The fourth-order valence-electron chi connectivity index (χ4n) is 5.47. The molecule has 2 aromatic heterocycles. The van der Waals surface area contributed by atoms with E-state index < -0.39 is 0 Å². The number of rotatable bonds is 3. The SMILES string of the molecule is Cc1cnc(-c2ccc3c(C(=O)NC4CC5N(C)CC6CC645)n[nH]c3c2)s1. The molecule has 2 N–H and O–H groups in total. The van der Waals surface area contributed by atoms with E-state index in [1.54, 1.807) is 11.3 Å². The van der Waals surface area contributed by atoms with Crippen LogP contribution in [0.5, 0.6) is 0 Å². The van der Waals surface area contributed by atoms with Crippen LogP contribution in [0, 0.1) is 18.3 Å². The maximum Gasteiger partial charge on any atom is 0.272 e. The zero-order chi connectivity index (χ0) is 18.3. The van der Waals surface area contributed by atoms with Gasteiger partial charge in [-0.3, -0.25) is 9.89 Å². The van der Waals surface area contributed by atoms with E-state index in [0.29, 0.717) is 23.2 Å². The van der Waals surface area contributed by atoms with Gasteiger partial charge in [0.05, 0.1) is 5.52 Å². The topological polar surface area (TPSA) is 73.9 Å². The second-order valence-corrected chi connectivity index (χ2v) is 9.57. The Bertz CT molecular complexity index is 1090. The molecule has 2 saturated carbocycles. The molecule has 4 unspecified atom stereocenters. The van der Waals surface area contributed by atoms with Gasteiger partial charge in [0, 0.05) is 46.1 Å². The highest BCUT2D eigenvalue weighted by Crippen LogP contribution is 2.70. The number of aromatic nitrogens is 3. The molecule has 6 rings (SSSR count). The van der Waals surface area contributed by atoms with Gasteiger partial charge in [0.15, 0.2) is 5.69 Å². The normalized spacial score (nSPS) is 31.4. The molecule has 27 heavy (non-hydrogen) atoms. The van der Waals surface area contributed by atoms with E-state index in [1.165, 1.54) is 17.8 Å². The summed E-state index contributed by atoms with van der Waals surface area (Å²) in [5.41, 5.74) is 2.77. The first-order valence-electron chi connectivity index (χ1n) is 9.48. The van der Waals surface area contributed by atoms with Crippen molar-refractivity contribution in [3.8, 4) is 10.6 Å². The van der Waals surface area contributed by atoms with Gasteiger partial charge in [0.1, 0.15) is 5.01 Å². The Balaban J connectivity index is 1.26. The molecular formula is C20H21N5OS. The Hall–Kier alpha value is -2.25. The number of benzene rings is 1. The fraction of sp³-hybridized carbons (Fsp3) is 0.450. The fourth-order valence-corrected chi connectivity index (χ4v) is 6.23. The molecule has 3 aromatic rings. The number of nitrogens with zero attached hydrogens (tertiary/aromatic N) is 3. The highest BCUT2D eigenvalue weighted by Gasteiger charge is 2.74. The Morgan fingerprint density at radius 3 is 3.11 bits per heavy atom. The average Bonchev–Trinajstić information content (AvgIpc) is 2.95. The molecule has 1 saturated heterocycles. The van der Waals surface area contributed by atoms with Crippen molar-refractivity contribution in [1.29, 1.82) is 0 Å². The number of hydrogen-bond acceptors (Lipinski definition) is 5. The number of aromatic amines is 1. The Labute approximate surface area is 161 Å². The number of H-pyrrole nitrogens is 1. The number of nitrogens with one attached hydrogen (secondary N) is 2. The van der Waals surface area contributed by atoms with Gasteiger partial charge in [-0.25, -0.2) is 4.98 Å². The molecule has 1 amide bonds. The van der Waals surface area contributed by atoms with Crippen LogP contribution < -0.4 is 5.32 Å². The van der Waals surface area contributed by atoms with Crippen molar-refractivity contribution in [2.45, 2.75) is 31.8 Å². The summed E-state index contributed by atoms with van der Waals surface area (Å²) in [4.78, 5) is 21.0. The van der Waals surface area contributed by atoms with Crippen LogP contribution in [0.3, 0.4) is 0 Å². The minimum atomic E-state index is -0.0582. The van der Waals surface area contributed by atoms with Crippen molar-refractivity contribution in [1.82, 2.24) is 25.4 Å². The highest BCUT2D eigenvalue weighted by atomic mass is 32.1. The molecule has 6 nitrogen and oxygen atoms in total. The van der Waals surface area contributed by atoms with E-state index in [4.69, 9.17) is 0 Å². The molecule has 1 aromatic carbocycles. The first-order chi connectivity index (χ1) is 13.1. The maximum atomic E-state index is 12.9. The van der Waals surface area contributed by atoms with Gasteiger partial charge in [-0.05, 0) is 44.9 Å². The van der Waals surface area contributed by atoms with Crippen LogP contribution in [0.15, 0.2) is 24.4 Å². The van der Waals surface area contributed by atoms with Gasteiger partial charge in [0.2, 0.25) is 0 Å². The molecule has 2 aliphatic carbocycles. The van der Waals surface area contributed by atoms with Crippen LogP contribution >= 0.6 is 11.3 Å². The van der Waals surface area contributed by atoms with Gasteiger partial charge in [-0.15, -0.1) is 11.3 Å². The van der Waals surface area contributed by atoms with E-state index in [2.05, 4.69) is 39.4 Å². The maximum absolute atomic E-state index is 12.9. The average molecular weight is 379 g/mol. The minimum Gasteiger partial charge on any atom is -0.347 e. The number of carbonyl (C=O) groups is 1. The van der Waals surface area contributed by atoms with Gasteiger partial charge in [0.25, 0.3) is 5.91 Å². The molecule has 3 fully saturated rings. The monoisotopic (exact) mass is 379 g/mol. The lowest BCUT2D eigenvalue weighted by molar-refractivity contribution is 0.0560. The summed E-state index contributed by atoms with van der Waals surface area (Å²) in [6, 6.07) is 6.99. The number of amides is 1. The van der Waals surface area contributed by atoms with Crippen molar-refractivity contribution in [2.24, 2.45) is 11.3 Å². The first-order valence-corrected chi connectivity index (χ1v) is 10.3.